The van der Waals surface area contributed by atoms with Crippen molar-refractivity contribution in [2.45, 2.75) is 24.3 Å². The second kappa shape index (κ2) is 5.51. The van der Waals surface area contributed by atoms with Crippen molar-refractivity contribution in [1.29, 1.82) is 0 Å². The van der Waals surface area contributed by atoms with E-state index >= 15 is 0 Å². The lowest BCUT2D eigenvalue weighted by atomic mass is 10.1. The van der Waals surface area contributed by atoms with Gasteiger partial charge in [0.1, 0.15) is 0 Å². The highest BCUT2D eigenvalue weighted by Crippen LogP contribution is 2.18. The maximum atomic E-state index is 12.4. The number of amides is 1. The van der Waals surface area contributed by atoms with E-state index in [1.807, 2.05) is 0 Å². The van der Waals surface area contributed by atoms with Crippen molar-refractivity contribution < 1.29 is 13.2 Å². The van der Waals surface area contributed by atoms with Crippen molar-refractivity contribution in [3.05, 3.63) is 29.3 Å². The smallest absolute Gasteiger partial charge is 0.253 e. The zero-order chi connectivity index (χ0) is 14.9. The molecule has 0 spiro atoms. The lowest BCUT2D eigenvalue weighted by Crippen LogP contribution is -2.38. The molecule has 1 aromatic rings. The van der Waals surface area contributed by atoms with Gasteiger partial charge in [-0.1, -0.05) is 0 Å². The topological polar surface area (TPSA) is 92.5 Å². The SMILES string of the molecule is Cc1cc(C(=O)N(C)[C@H]2CCNC2)ccc1S(N)(=O)=O. The summed E-state index contributed by atoms with van der Waals surface area (Å²) in [6.45, 7) is 3.33. The number of sulfonamides is 1. The van der Waals surface area contributed by atoms with Crippen molar-refractivity contribution in [1.82, 2.24) is 10.2 Å². The monoisotopic (exact) mass is 297 g/mol. The van der Waals surface area contributed by atoms with E-state index in [0.717, 1.165) is 19.5 Å². The lowest BCUT2D eigenvalue weighted by molar-refractivity contribution is 0.0743. The third kappa shape index (κ3) is 3.00. The Labute approximate surface area is 119 Å². The molecule has 1 aromatic carbocycles. The van der Waals surface area contributed by atoms with Gasteiger partial charge in [0.2, 0.25) is 10.0 Å². The van der Waals surface area contributed by atoms with Crippen LogP contribution in [0.25, 0.3) is 0 Å². The van der Waals surface area contributed by atoms with Crippen LogP contribution in [0.15, 0.2) is 23.1 Å². The van der Waals surface area contributed by atoms with Gasteiger partial charge in [0.15, 0.2) is 0 Å². The Bertz CT molecular complexity index is 622. The summed E-state index contributed by atoms with van der Waals surface area (Å²) in [6.07, 6.45) is 0.927. The normalized spacial score (nSPS) is 19.1. The van der Waals surface area contributed by atoms with Gasteiger partial charge in [-0.05, 0) is 43.7 Å². The number of benzene rings is 1. The Morgan fingerprint density at radius 3 is 2.65 bits per heavy atom. The molecule has 0 unspecified atom stereocenters. The molecule has 1 fully saturated rings. The summed E-state index contributed by atoms with van der Waals surface area (Å²) in [5.41, 5.74) is 0.959. The van der Waals surface area contributed by atoms with Crippen LogP contribution in [-0.2, 0) is 10.0 Å². The van der Waals surface area contributed by atoms with Crippen LogP contribution < -0.4 is 10.5 Å². The van der Waals surface area contributed by atoms with Gasteiger partial charge in [0.05, 0.1) is 4.90 Å². The third-order valence-corrected chi connectivity index (χ3v) is 4.70. The molecule has 2 rings (SSSR count). The van der Waals surface area contributed by atoms with E-state index in [2.05, 4.69) is 5.32 Å². The predicted octanol–water partition coefficient (Wildman–Crippen LogP) is 0.0763. The van der Waals surface area contributed by atoms with Crippen molar-refractivity contribution in [3.63, 3.8) is 0 Å². The summed E-state index contributed by atoms with van der Waals surface area (Å²) in [6, 6.07) is 4.65. The molecule has 0 bridgehead atoms. The molecule has 1 amide bonds. The first-order valence-corrected chi connectivity index (χ1v) is 7.96. The van der Waals surface area contributed by atoms with Gasteiger partial charge in [0, 0.05) is 25.2 Å². The van der Waals surface area contributed by atoms with Gasteiger partial charge in [-0.2, -0.15) is 0 Å². The van der Waals surface area contributed by atoms with Crippen LogP contribution >= 0.6 is 0 Å². The Morgan fingerprint density at radius 1 is 1.45 bits per heavy atom. The van der Waals surface area contributed by atoms with E-state index in [1.54, 1.807) is 24.9 Å². The molecule has 1 saturated heterocycles. The maximum Gasteiger partial charge on any atom is 0.253 e. The number of carbonyl (C=O) groups excluding carboxylic acids is 1. The number of hydrogen-bond acceptors (Lipinski definition) is 4. The van der Waals surface area contributed by atoms with Crippen molar-refractivity contribution in [2.75, 3.05) is 20.1 Å². The largest absolute Gasteiger partial charge is 0.337 e. The summed E-state index contributed by atoms with van der Waals surface area (Å²) >= 11 is 0. The summed E-state index contributed by atoms with van der Waals surface area (Å²) < 4.78 is 22.7. The van der Waals surface area contributed by atoms with Crippen LogP contribution in [0.4, 0.5) is 0 Å². The number of primary sulfonamides is 1. The summed E-state index contributed by atoms with van der Waals surface area (Å²) in [7, 11) is -1.98. The fraction of sp³-hybridized carbons (Fsp3) is 0.462. The zero-order valence-electron chi connectivity index (χ0n) is 11.6. The van der Waals surface area contributed by atoms with Crippen molar-refractivity contribution in [3.8, 4) is 0 Å². The molecule has 0 aromatic heterocycles. The van der Waals surface area contributed by atoms with E-state index in [-0.39, 0.29) is 16.8 Å². The average molecular weight is 297 g/mol. The van der Waals surface area contributed by atoms with Crippen molar-refractivity contribution in [2.24, 2.45) is 5.14 Å². The number of nitrogens with one attached hydrogen (secondary N) is 1. The maximum absolute atomic E-state index is 12.4. The number of likely N-dealkylation sites (N-methyl/N-ethyl adjacent to an activating group) is 1. The zero-order valence-corrected chi connectivity index (χ0v) is 12.4. The van der Waals surface area contributed by atoms with Gasteiger partial charge in [0.25, 0.3) is 5.91 Å². The summed E-state index contributed by atoms with van der Waals surface area (Å²) in [4.78, 5) is 14.1. The molecule has 3 N–H and O–H groups in total. The Kier molecular flexibility index (Phi) is 4.12. The number of hydrogen-bond donors (Lipinski definition) is 2. The lowest BCUT2D eigenvalue weighted by Gasteiger charge is -2.24. The molecule has 1 heterocycles. The van der Waals surface area contributed by atoms with Crippen LogP contribution in [0.2, 0.25) is 0 Å². The molecule has 1 atom stereocenters. The van der Waals surface area contributed by atoms with E-state index < -0.39 is 10.0 Å². The second-order valence-electron chi connectivity index (χ2n) is 5.09. The van der Waals surface area contributed by atoms with Crippen LogP contribution in [-0.4, -0.2) is 45.4 Å². The standard InChI is InChI=1S/C13H19N3O3S/c1-9-7-10(3-4-12(9)20(14,18)19)13(17)16(2)11-5-6-15-8-11/h3-4,7,11,15H,5-6,8H2,1-2H3,(H2,14,18,19)/t11-/m0/s1. The van der Waals surface area contributed by atoms with Gasteiger partial charge >= 0.3 is 0 Å². The first kappa shape index (κ1) is 15.0. The number of nitrogens with two attached hydrogens (primary N) is 1. The van der Waals surface area contributed by atoms with Gasteiger partial charge in [-0.25, -0.2) is 13.6 Å². The highest BCUT2D eigenvalue weighted by Gasteiger charge is 2.24. The fourth-order valence-electron chi connectivity index (χ4n) is 2.44. The van der Waals surface area contributed by atoms with E-state index in [0.29, 0.717) is 11.1 Å². The molecule has 0 aliphatic carbocycles. The first-order valence-electron chi connectivity index (χ1n) is 6.42. The van der Waals surface area contributed by atoms with Gasteiger partial charge in [-0.3, -0.25) is 4.79 Å². The molecule has 1 aliphatic heterocycles. The van der Waals surface area contributed by atoms with Gasteiger partial charge in [-0.15, -0.1) is 0 Å². The highest BCUT2D eigenvalue weighted by atomic mass is 32.2. The summed E-state index contributed by atoms with van der Waals surface area (Å²) in [5.74, 6) is -0.109. The molecule has 20 heavy (non-hydrogen) atoms. The van der Waals surface area contributed by atoms with Gasteiger partial charge < -0.3 is 10.2 Å². The third-order valence-electron chi connectivity index (χ3n) is 3.63. The van der Waals surface area contributed by atoms with Crippen molar-refractivity contribution >= 4 is 15.9 Å². The molecular weight excluding hydrogens is 278 g/mol. The molecule has 0 saturated carbocycles. The molecule has 7 heteroatoms. The Hall–Kier alpha value is -1.44. The average Bonchev–Trinajstić information content (AvgIpc) is 2.89. The van der Waals surface area contributed by atoms with E-state index in [1.165, 1.54) is 12.1 Å². The fourth-order valence-corrected chi connectivity index (χ4v) is 3.21. The number of carbonyl (C=O) groups is 1. The summed E-state index contributed by atoms with van der Waals surface area (Å²) in [5, 5.41) is 8.32. The molecule has 110 valence electrons. The Balaban J connectivity index is 2.25. The molecule has 0 radical (unpaired) electrons. The minimum absolute atomic E-state index is 0.0548. The van der Waals surface area contributed by atoms with E-state index in [9.17, 15) is 13.2 Å². The Morgan fingerprint density at radius 2 is 2.15 bits per heavy atom. The number of rotatable bonds is 3. The highest BCUT2D eigenvalue weighted by molar-refractivity contribution is 7.89. The van der Waals surface area contributed by atoms with E-state index in [4.69, 9.17) is 5.14 Å². The second-order valence-corrected chi connectivity index (χ2v) is 6.62. The van der Waals surface area contributed by atoms with Crippen LogP contribution in [0.5, 0.6) is 0 Å². The minimum Gasteiger partial charge on any atom is -0.337 e. The number of nitrogens with zero attached hydrogens (tertiary/aromatic N) is 1. The number of aryl methyl sites for hydroxylation is 1. The molecular formula is C13H19N3O3S. The minimum atomic E-state index is -3.75. The predicted molar refractivity (Wildman–Crippen MR) is 75.9 cm³/mol. The van der Waals surface area contributed by atoms with Crippen LogP contribution in [0.3, 0.4) is 0 Å². The van der Waals surface area contributed by atoms with Crippen LogP contribution in [0, 0.1) is 6.92 Å². The first-order chi connectivity index (χ1) is 9.30. The molecule has 1 aliphatic rings. The molecule has 6 nitrogen and oxygen atoms in total. The van der Waals surface area contributed by atoms with Crippen LogP contribution in [0.1, 0.15) is 22.3 Å². The quantitative estimate of drug-likeness (QED) is 0.826.